The fourth-order valence-corrected chi connectivity index (χ4v) is 2.79. The molecule has 0 saturated carbocycles. The van der Waals surface area contributed by atoms with Gasteiger partial charge in [0.05, 0.1) is 2.88 Å². The van der Waals surface area contributed by atoms with E-state index >= 15 is 0 Å². The van der Waals surface area contributed by atoms with Crippen molar-refractivity contribution < 1.29 is 57.1 Å². The molecule has 0 unspecified atom stereocenters. The van der Waals surface area contributed by atoms with E-state index in [-0.39, 0.29) is 25.7 Å². The summed E-state index contributed by atoms with van der Waals surface area (Å²) in [5.41, 5.74) is -1.95. The van der Waals surface area contributed by atoms with Crippen molar-refractivity contribution in [3.8, 4) is 0 Å². The van der Waals surface area contributed by atoms with E-state index in [2.05, 4.69) is 0 Å². The predicted octanol–water partition coefficient (Wildman–Crippen LogP) is 6.55. The summed E-state index contributed by atoms with van der Waals surface area (Å²) in [4.78, 5) is 0. The Hall–Kier alpha value is -0.480. The second kappa shape index (κ2) is 6.02. The van der Waals surface area contributed by atoms with Crippen molar-refractivity contribution in [1.82, 2.24) is 0 Å². The highest BCUT2D eigenvalue weighted by Gasteiger charge is 2.90. The van der Waals surface area contributed by atoms with Crippen LogP contribution in [0.1, 0.15) is 5.56 Å². The Balaban J connectivity index is 3.53. The van der Waals surface area contributed by atoms with Crippen LogP contribution in [0, 0.1) is 2.88 Å². The zero-order valence-electron chi connectivity index (χ0n) is 10.9. The lowest BCUT2D eigenvalue weighted by molar-refractivity contribution is -0.441. The molecule has 25 heavy (non-hydrogen) atoms. The zero-order chi connectivity index (χ0) is 20.3. The van der Waals surface area contributed by atoms with Gasteiger partial charge < -0.3 is 0 Å². The van der Waals surface area contributed by atoms with Crippen molar-refractivity contribution in [2.75, 3.05) is 0 Å². The van der Waals surface area contributed by atoms with Gasteiger partial charge in [-0.2, -0.15) is 57.1 Å². The van der Waals surface area contributed by atoms with E-state index in [0.717, 1.165) is 0 Å². The summed E-state index contributed by atoms with van der Waals surface area (Å²) in [6.45, 7) is 0. The minimum atomic E-state index is -7.87. The van der Waals surface area contributed by atoms with Crippen LogP contribution in [0.15, 0.2) is 11.4 Å². The molecule has 0 bridgehead atoms. The quantitative estimate of drug-likeness (QED) is 0.301. The summed E-state index contributed by atoms with van der Waals surface area (Å²) in [6.07, 6.45) is -7.40. The van der Waals surface area contributed by atoms with E-state index in [4.69, 9.17) is 0 Å². The molecular formula is C10H2F13IS. The fraction of sp³-hybridized carbons (Fsp3) is 0.600. The summed E-state index contributed by atoms with van der Waals surface area (Å²) in [5, 5.41) is 0.145. The first-order valence-corrected chi connectivity index (χ1v) is 7.41. The molecule has 0 nitrogen and oxygen atoms in total. The summed E-state index contributed by atoms with van der Waals surface area (Å²) in [7, 11) is 0. The van der Waals surface area contributed by atoms with E-state index < -0.39 is 41.4 Å². The SMILES string of the molecule is FC(F)(F)C(F)(F)C(F)(F)C(F)(F)C(F)(F)C(F)(F)c1csc(I)c1. The van der Waals surface area contributed by atoms with Crippen molar-refractivity contribution in [3.63, 3.8) is 0 Å². The number of rotatable bonds is 5. The Morgan fingerprint density at radius 1 is 0.640 bits per heavy atom. The minimum Gasteiger partial charge on any atom is -0.194 e. The topological polar surface area (TPSA) is 0 Å². The average molecular weight is 528 g/mol. The molecule has 1 aromatic rings. The normalized spacial score (nSPS) is 15.6. The lowest BCUT2D eigenvalue weighted by atomic mass is 9.91. The Bertz CT molecular complexity index is 629. The number of thiophene rings is 1. The van der Waals surface area contributed by atoms with Gasteiger partial charge in [-0.1, -0.05) is 0 Å². The third-order valence-corrected chi connectivity index (χ3v) is 4.65. The van der Waals surface area contributed by atoms with Gasteiger partial charge in [0.15, 0.2) is 0 Å². The zero-order valence-corrected chi connectivity index (χ0v) is 13.8. The summed E-state index contributed by atoms with van der Waals surface area (Å²) >= 11 is 1.55. The third kappa shape index (κ3) is 3.07. The molecule has 1 heterocycles. The predicted molar refractivity (Wildman–Crippen MR) is 66.8 cm³/mol. The van der Waals surface area contributed by atoms with Crippen molar-refractivity contribution in [1.29, 1.82) is 0 Å². The van der Waals surface area contributed by atoms with Gasteiger partial charge in [0.25, 0.3) is 0 Å². The molecule has 0 aromatic carbocycles. The highest BCUT2D eigenvalue weighted by Crippen LogP contribution is 2.62. The molecule has 0 atom stereocenters. The summed E-state index contributed by atoms with van der Waals surface area (Å²) < 4.78 is 167. The number of alkyl halides is 13. The first kappa shape index (κ1) is 22.6. The number of halogens is 14. The van der Waals surface area contributed by atoms with Crippen molar-refractivity contribution >= 4 is 33.9 Å². The molecule has 0 aliphatic heterocycles. The highest BCUT2D eigenvalue weighted by atomic mass is 127. The van der Waals surface area contributed by atoms with E-state index in [9.17, 15) is 57.1 Å². The fourth-order valence-electron chi connectivity index (χ4n) is 1.43. The molecule has 0 spiro atoms. The molecule has 0 aliphatic carbocycles. The van der Waals surface area contributed by atoms with Crippen molar-refractivity contribution in [3.05, 3.63) is 19.9 Å². The highest BCUT2D eigenvalue weighted by molar-refractivity contribution is 14.1. The minimum absolute atomic E-state index is 0.145. The second-order valence-corrected chi connectivity index (χ2v) is 7.31. The van der Waals surface area contributed by atoms with Gasteiger partial charge >= 0.3 is 35.8 Å². The largest absolute Gasteiger partial charge is 0.460 e. The maximum Gasteiger partial charge on any atom is 0.460 e. The van der Waals surface area contributed by atoms with Gasteiger partial charge in [-0.3, -0.25) is 0 Å². The van der Waals surface area contributed by atoms with Gasteiger partial charge in [0.2, 0.25) is 0 Å². The molecule has 0 radical (unpaired) electrons. The summed E-state index contributed by atoms with van der Waals surface area (Å²) in [5.74, 6) is -36.8. The Labute approximate surface area is 147 Å². The smallest absolute Gasteiger partial charge is 0.194 e. The van der Waals surface area contributed by atoms with Crippen LogP contribution in [0.2, 0.25) is 0 Å². The van der Waals surface area contributed by atoms with E-state index in [1.807, 2.05) is 0 Å². The molecule has 1 rings (SSSR count). The molecule has 0 aliphatic rings. The van der Waals surface area contributed by atoms with Gasteiger partial charge in [-0.25, -0.2) is 0 Å². The van der Waals surface area contributed by atoms with Gasteiger partial charge in [0, 0.05) is 10.9 Å². The Morgan fingerprint density at radius 2 is 1.04 bits per heavy atom. The molecule has 0 saturated heterocycles. The monoisotopic (exact) mass is 528 g/mol. The van der Waals surface area contributed by atoms with E-state index in [1.165, 1.54) is 22.6 Å². The summed E-state index contributed by atoms with van der Waals surface area (Å²) in [6, 6.07) is 0.162. The van der Waals surface area contributed by atoms with E-state index in [1.54, 1.807) is 0 Å². The molecular weight excluding hydrogens is 526 g/mol. The van der Waals surface area contributed by atoms with Crippen LogP contribution < -0.4 is 0 Å². The average Bonchev–Trinajstić information content (AvgIpc) is 2.83. The Morgan fingerprint density at radius 3 is 1.36 bits per heavy atom. The lowest BCUT2D eigenvalue weighted by Crippen LogP contribution is -2.69. The van der Waals surface area contributed by atoms with Crippen LogP contribution >= 0.6 is 33.9 Å². The molecule has 0 amide bonds. The second-order valence-electron chi connectivity index (χ2n) is 4.51. The molecule has 146 valence electrons. The van der Waals surface area contributed by atoms with Gasteiger partial charge in [-0.15, -0.1) is 11.3 Å². The molecule has 0 N–H and O–H groups in total. The molecule has 15 heteroatoms. The van der Waals surface area contributed by atoms with Crippen LogP contribution in [0.25, 0.3) is 0 Å². The van der Waals surface area contributed by atoms with Crippen LogP contribution in [-0.2, 0) is 5.92 Å². The third-order valence-electron chi connectivity index (χ3n) is 2.86. The first-order valence-electron chi connectivity index (χ1n) is 5.45. The molecule has 0 fully saturated rings. The van der Waals surface area contributed by atoms with Crippen LogP contribution in [0.5, 0.6) is 0 Å². The maximum atomic E-state index is 13.6. The number of hydrogen-bond acceptors (Lipinski definition) is 1. The Kier molecular flexibility index (Phi) is 5.43. The van der Waals surface area contributed by atoms with Gasteiger partial charge in [-0.05, 0) is 28.7 Å². The lowest BCUT2D eigenvalue weighted by Gasteiger charge is -2.39. The van der Waals surface area contributed by atoms with Crippen LogP contribution in [-0.4, -0.2) is 29.9 Å². The van der Waals surface area contributed by atoms with Crippen molar-refractivity contribution in [2.24, 2.45) is 0 Å². The molecule has 1 aromatic heterocycles. The maximum absolute atomic E-state index is 13.6. The first-order chi connectivity index (χ1) is 10.7. The van der Waals surface area contributed by atoms with Crippen LogP contribution in [0.3, 0.4) is 0 Å². The van der Waals surface area contributed by atoms with Crippen molar-refractivity contribution in [2.45, 2.75) is 35.8 Å². The standard InChI is InChI=1S/C10H2F13IS/c11-5(12,3-1-4(24)25-2-3)6(13,14)7(15,16)8(17,18)9(19,20)10(21,22)23/h1-2H. The van der Waals surface area contributed by atoms with Gasteiger partial charge in [0.1, 0.15) is 0 Å². The number of hydrogen-bond donors (Lipinski definition) is 0. The van der Waals surface area contributed by atoms with Crippen LogP contribution in [0.4, 0.5) is 57.1 Å². The van der Waals surface area contributed by atoms with E-state index in [0.29, 0.717) is 0 Å².